The average molecular weight is 262 g/mol. The lowest BCUT2D eigenvalue weighted by atomic mass is 10.1. The van der Waals surface area contributed by atoms with Crippen LogP contribution < -0.4 is 15.0 Å². The largest absolute Gasteiger partial charge is 0.495 e. The van der Waals surface area contributed by atoms with Gasteiger partial charge in [0.2, 0.25) is 0 Å². The van der Waals surface area contributed by atoms with Gasteiger partial charge in [-0.3, -0.25) is 0 Å². The number of hydrogen-bond acceptors (Lipinski definition) is 3. The van der Waals surface area contributed by atoms with Gasteiger partial charge in [0, 0.05) is 19.6 Å². The first-order chi connectivity index (χ1) is 9.11. The smallest absolute Gasteiger partial charge is 0.142 e. The Morgan fingerprint density at radius 3 is 2.68 bits per heavy atom. The molecule has 1 atom stereocenters. The molecule has 1 N–H and O–H groups in total. The van der Waals surface area contributed by atoms with Crippen LogP contribution in [0.5, 0.6) is 5.75 Å². The lowest BCUT2D eigenvalue weighted by Gasteiger charge is -2.24. The molecule has 1 unspecified atom stereocenters. The molecule has 0 aromatic heterocycles. The van der Waals surface area contributed by atoms with Crippen molar-refractivity contribution < 1.29 is 4.74 Å². The van der Waals surface area contributed by atoms with Gasteiger partial charge in [-0.05, 0) is 62.9 Å². The van der Waals surface area contributed by atoms with E-state index in [1.165, 1.54) is 42.6 Å². The molecule has 19 heavy (non-hydrogen) atoms. The minimum Gasteiger partial charge on any atom is -0.495 e. The predicted octanol–water partition coefficient (Wildman–Crippen LogP) is 2.89. The summed E-state index contributed by atoms with van der Waals surface area (Å²) in [6, 6.07) is 5.06. The highest BCUT2D eigenvalue weighted by atomic mass is 16.5. The fraction of sp³-hybridized carbons (Fsp3) is 0.625. The summed E-state index contributed by atoms with van der Waals surface area (Å²) in [6.45, 7) is 6.53. The van der Waals surface area contributed by atoms with Crippen molar-refractivity contribution in [3.8, 4) is 5.75 Å². The number of rotatable bonds is 5. The van der Waals surface area contributed by atoms with Gasteiger partial charge in [-0.25, -0.2) is 0 Å². The van der Waals surface area contributed by atoms with E-state index in [2.05, 4.69) is 43.2 Å². The topological polar surface area (TPSA) is 24.5 Å². The second-order valence-corrected chi connectivity index (χ2v) is 5.61. The quantitative estimate of drug-likeness (QED) is 0.883. The van der Waals surface area contributed by atoms with Crippen LogP contribution in [0.3, 0.4) is 0 Å². The second-order valence-electron chi connectivity index (χ2n) is 5.61. The molecule has 0 spiro atoms. The number of anilines is 1. The zero-order valence-corrected chi connectivity index (χ0v) is 12.6. The van der Waals surface area contributed by atoms with Crippen LogP contribution in [0, 0.1) is 13.8 Å². The second kappa shape index (κ2) is 6.29. The van der Waals surface area contributed by atoms with E-state index in [0.717, 1.165) is 12.3 Å². The molecule has 1 aliphatic heterocycles. The molecule has 0 radical (unpaired) electrons. The molecular weight excluding hydrogens is 236 g/mol. The Morgan fingerprint density at radius 2 is 2.05 bits per heavy atom. The zero-order valence-electron chi connectivity index (χ0n) is 12.6. The highest BCUT2D eigenvalue weighted by molar-refractivity contribution is 5.61. The third kappa shape index (κ3) is 3.41. The molecule has 3 heteroatoms. The van der Waals surface area contributed by atoms with Crippen molar-refractivity contribution in [2.45, 2.75) is 39.2 Å². The fourth-order valence-electron chi connectivity index (χ4n) is 2.71. The summed E-state index contributed by atoms with van der Waals surface area (Å²) in [4.78, 5) is 2.31. The molecule has 106 valence electrons. The molecule has 0 amide bonds. The van der Waals surface area contributed by atoms with E-state index in [1.54, 1.807) is 7.11 Å². The van der Waals surface area contributed by atoms with Crippen LogP contribution in [0.25, 0.3) is 0 Å². The Kier molecular flexibility index (Phi) is 4.70. The van der Waals surface area contributed by atoms with Crippen LogP contribution in [0.2, 0.25) is 0 Å². The van der Waals surface area contributed by atoms with Gasteiger partial charge in [-0.15, -0.1) is 0 Å². The summed E-state index contributed by atoms with van der Waals surface area (Å²) in [5.41, 5.74) is 3.80. The monoisotopic (exact) mass is 262 g/mol. The molecule has 0 aliphatic carbocycles. The number of aryl methyl sites for hydroxylation is 2. The van der Waals surface area contributed by atoms with Crippen molar-refractivity contribution in [1.82, 2.24) is 5.32 Å². The highest BCUT2D eigenvalue weighted by Crippen LogP contribution is 2.31. The van der Waals surface area contributed by atoms with Crippen molar-refractivity contribution in [3.05, 3.63) is 23.3 Å². The van der Waals surface area contributed by atoms with E-state index in [0.29, 0.717) is 6.04 Å². The van der Waals surface area contributed by atoms with Crippen LogP contribution >= 0.6 is 0 Å². The molecule has 1 heterocycles. The van der Waals surface area contributed by atoms with Crippen molar-refractivity contribution >= 4 is 5.69 Å². The standard InChI is InChI=1S/C16H26N2O/c1-12-10-15(16(19-4)11-13(12)2)18(3)9-7-14-6-5-8-17-14/h10-11,14,17H,5-9H2,1-4H3. The van der Waals surface area contributed by atoms with Crippen LogP contribution in [0.15, 0.2) is 12.1 Å². The lowest BCUT2D eigenvalue weighted by molar-refractivity contribution is 0.414. The normalized spacial score (nSPS) is 18.6. The van der Waals surface area contributed by atoms with Gasteiger partial charge < -0.3 is 15.0 Å². The van der Waals surface area contributed by atoms with Crippen molar-refractivity contribution in [2.24, 2.45) is 0 Å². The summed E-state index contributed by atoms with van der Waals surface area (Å²) < 4.78 is 5.52. The number of benzene rings is 1. The molecule has 3 nitrogen and oxygen atoms in total. The van der Waals surface area contributed by atoms with Crippen LogP contribution in [0.1, 0.15) is 30.4 Å². The van der Waals surface area contributed by atoms with E-state index >= 15 is 0 Å². The Balaban J connectivity index is 2.04. The van der Waals surface area contributed by atoms with E-state index in [4.69, 9.17) is 4.74 Å². The molecule has 1 aromatic carbocycles. The van der Waals surface area contributed by atoms with Gasteiger partial charge in [-0.2, -0.15) is 0 Å². The first-order valence-electron chi connectivity index (χ1n) is 7.21. The molecule has 0 bridgehead atoms. The van der Waals surface area contributed by atoms with Crippen molar-refractivity contribution in [2.75, 3.05) is 32.1 Å². The number of nitrogens with zero attached hydrogens (tertiary/aromatic N) is 1. The molecule has 2 rings (SSSR count). The van der Waals surface area contributed by atoms with E-state index in [1.807, 2.05) is 0 Å². The maximum absolute atomic E-state index is 5.52. The number of methoxy groups -OCH3 is 1. The van der Waals surface area contributed by atoms with Gasteiger partial charge in [-0.1, -0.05) is 0 Å². The molecule has 1 fully saturated rings. The summed E-state index contributed by atoms with van der Waals surface area (Å²) in [7, 11) is 3.90. The molecule has 1 saturated heterocycles. The van der Waals surface area contributed by atoms with Gasteiger partial charge in [0.25, 0.3) is 0 Å². The average Bonchev–Trinajstić information content (AvgIpc) is 2.91. The predicted molar refractivity (Wildman–Crippen MR) is 81.4 cm³/mol. The Hall–Kier alpha value is -1.22. The summed E-state index contributed by atoms with van der Waals surface area (Å²) >= 11 is 0. The van der Waals surface area contributed by atoms with Crippen LogP contribution in [0.4, 0.5) is 5.69 Å². The minimum absolute atomic E-state index is 0.694. The van der Waals surface area contributed by atoms with E-state index < -0.39 is 0 Å². The SMILES string of the molecule is COc1cc(C)c(C)cc1N(C)CCC1CCCN1. The minimum atomic E-state index is 0.694. The number of ether oxygens (including phenoxy) is 1. The highest BCUT2D eigenvalue weighted by Gasteiger charge is 2.16. The van der Waals surface area contributed by atoms with Gasteiger partial charge >= 0.3 is 0 Å². The van der Waals surface area contributed by atoms with Crippen LogP contribution in [-0.4, -0.2) is 33.3 Å². The molecule has 1 aromatic rings. The number of hydrogen-bond donors (Lipinski definition) is 1. The van der Waals surface area contributed by atoms with E-state index in [-0.39, 0.29) is 0 Å². The first kappa shape index (κ1) is 14.2. The molecule has 1 aliphatic rings. The Morgan fingerprint density at radius 1 is 1.32 bits per heavy atom. The van der Waals surface area contributed by atoms with E-state index in [9.17, 15) is 0 Å². The van der Waals surface area contributed by atoms with Gasteiger partial charge in [0.05, 0.1) is 12.8 Å². The van der Waals surface area contributed by atoms with Crippen LogP contribution in [-0.2, 0) is 0 Å². The maximum Gasteiger partial charge on any atom is 0.142 e. The first-order valence-corrected chi connectivity index (χ1v) is 7.21. The lowest BCUT2D eigenvalue weighted by Crippen LogP contribution is -2.28. The molecule has 0 saturated carbocycles. The molecular formula is C16H26N2O. The maximum atomic E-state index is 5.52. The zero-order chi connectivity index (χ0) is 13.8. The number of nitrogens with one attached hydrogen (secondary N) is 1. The van der Waals surface area contributed by atoms with Gasteiger partial charge in [0.15, 0.2) is 0 Å². The third-order valence-corrected chi connectivity index (χ3v) is 4.18. The summed E-state index contributed by atoms with van der Waals surface area (Å²) in [6.07, 6.45) is 3.84. The Bertz CT molecular complexity index is 425. The summed E-state index contributed by atoms with van der Waals surface area (Å²) in [5, 5.41) is 3.55. The third-order valence-electron chi connectivity index (χ3n) is 4.18. The van der Waals surface area contributed by atoms with Crippen molar-refractivity contribution in [3.63, 3.8) is 0 Å². The van der Waals surface area contributed by atoms with Gasteiger partial charge in [0.1, 0.15) is 5.75 Å². The summed E-state index contributed by atoms with van der Waals surface area (Å²) in [5.74, 6) is 0.977. The fourth-order valence-corrected chi connectivity index (χ4v) is 2.71. The Labute approximate surface area is 116 Å². The van der Waals surface area contributed by atoms with Crippen molar-refractivity contribution in [1.29, 1.82) is 0 Å².